The van der Waals surface area contributed by atoms with Gasteiger partial charge in [-0.1, -0.05) is 0 Å². The van der Waals surface area contributed by atoms with Crippen molar-refractivity contribution in [3.05, 3.63) is 32.6 Å². The van der Waals surface area contributed by atoms with E-state index in [0.717, 1.165) is 10.8 Å². The van der Waals surface area contributed by atoms with Gasteiger partial charge in [-0.15, -0.1) is 0 Å². The normalized spacial score (nSPS) is 26.5. The van der Waals surface area contributed by atoms with Gasteiger partial charge in [-0.05, 0) is 0 Å². The maximum absolute atomic E-state index is 11.6. The fourth-order valence-corrected chi connectivity index (χ4v) is 1.92. The van der Waals surface area contributed by atoms with E-state index in [1.54, 1.807) is 0 Å². The molecule has 0 bridgehead atoms. The van der Waals surface area contributed by atoms with Crippen LogP contribution in [0.5, 0.6) is 0 Å². The van der Waals surface area contributed by atoms with Gasteiger partial charge in [-0.2, -0.15) is 0 Å². The van der Waals surface area contributed by atoms with E-state index in [1.807, 2.05) is 4.98 Å². The lowest BCUT2D eigenvalue weighted by molar-refractivity contribution is -0.0531. The van der Waals surface area contributed by atoms with Gasteiger partial charge in [-0.3, -0.25) is 14.3 Å². The molecule has 104 valence electrons. The van der Waals surface area contributed by atoms with Gasteiger partial charge >= 0.3 is 11.7 Å². The number of aromatic amines is 1. The molecule has 2 rings (SSSR count). The Labute approximate surface area is 105 Å². The van der Waals surface area contributed by atoms with E-state index in [2.05, 4.69) is 0 Å². The smallest absolute Gasteiger partial charge is 0.342 e. The quantitative estimate of drug-likeness (QED) is 0.492. The van der Waals surface area contributed by atoms with Crippen molar-refractivity contribution in [2.75, 3.05) is 6.61 Å². The summed E-state index contributed by atoms with van der Waals surface area (Å²) in [5, 5.41) is 27.5. The van der Waals surface area contributed by atoms with E-state index in [9.17, 15) is 19.5 Å². The van der Waals surface area contributed by atoms with Gasteiger partial charge in [0.05, 0.1) is 12.7 Å². The Hall–Kier alpha value is -1.97. The van der Waals surface area contributed by atoms with Crippen LogP contribution in [-0.2, 0) is 4.74 Å². The molecule has 3 atom stereocenters. The van der Waals surface area contributed by atoms with Crippen molar-refractivity contribution in [3.8, 4) is 0 Å². The fraction of sp³-hybridized carbons (Fsp3) is 0.500. The van der Waals surface area contributed by atoms with E-state index >= 15 is 0 Å². The van der Waals surface area contributed by atoms with E-state index in [-0.39, 0.29) is 13.0 Å². The summed E-state index contributed by atoms with van der Waals surface area (Å²) in [6.45, 7) is -0.336. The zero-order valence-corrected chi connectivity index (χ0v) is 9.65. The summed E-state index contributed by atoms with van der Waals surface area (Å²) in [6, 6.07) is 0. The number of ether oxygens (including phenoxy) is 1. The van der Waals surface area contributed by atoms with Crippen molar-refractivity contribution in [2.45, 2.75) is 24.9 Å². The van der Waals surface area contributed by atoms with Crippen LogP contribution in [0, 0.1) is 0 Å². The number of hydrogen-bond donors (Lipinski definition) is 4. The zero-order valence-electron chi connectivity index (χ0n) is 9.65. The molecule has 0 amide bonds. The molecular weight excluding hydrogens is 260 g/mol. The van der Waals surface area contributed by atoms with Gasteiger partial charge < -0.3 is 20.1 Å². The molecule has 19 heavy (non-hydrogen) atoms. The van der Waals surface area contributed by atoms with Crippen LogP contribution in [0.2, 0.25) is 0 Å². The maximum atomic E-state index is 11.6. The number of rotatable bonds is 3. The lowest BCUT2D eigenvalue weighted by Gasteiger charge is -2.17. The summed E-state index contributed by atoms with van der Waals surface area (Å²) in [5.41, 5.74) is -2.56. The molecule has 1 aromatic rings. The molecule has 2 heterocycles. The SMILES string of the molecule is O=C(O)c1cn([C@@H]2O[C@H](CO)CC2O)c(=O)[nH]c1=O. The Bertz CT molecular complexity index is 605. The Morgan fingerprint density at radius 1 is 1.53 bits per heavy atom. The Kier molecular flexibility index (Phi) is 3.51. The van der Waals surface area contributed by atoms with Crippen LogP contribution in [0.1, 0.15) is 23.0 Å². The molecule has 4 N–H and O–H groups in total. The molecule has 1 aliphatic rings. The molecule has 0 spiro atoms. The highest BCUT2D eigenvalue weighted by molar-refractivity contribution is 5.86. The first-order chi connectivity index (χ1) is 8.93. The highest BCUT2D eigenvalue weighted by Gasteiger charge is 2.35. The fourth-order valence-electron chi connectivity index (χ4n) is 1.92. The molecule has 9 nitrogen and oxygen atoms in total. The lowest BCUT2D eigenvalue weighted by atomic mass is 10.2. The molecule has 1 aliphatic heterocycles. The molecule has 1 fully saturated rings. The summed E-state index contributed by atoms with van der Waals surface area (Å²) in [5.74, 6) is -1.50. The third-order valence-corrected chi connectivity index (χ3v) is 2.84. The van der Waals surface area contributed by atoms with Crippen LogP contribution in [0.3, 0.4) is 0 Å². The third-order valence-electron chi connectivity index (χ3n) is 2.84. The van der Waals surface area contributed by atoms with Crippen LogP contribution in [0.4, 0.5) is 0 Å². The van der Waals surface area contributed by atoms with E-state index < -0.39 is 41.2 Å². The van der Waals surface area contributed by atoms with Crippen molar-refractivity contribution in [1.82, 2.24) is 9.55 Å². The largest absolute Gasteiger partial charge is 0.477 e. The van der Waals surface area contributed by atoms with Crippen molar-refractivity contribution < 1.29 is 24.9 Å². The number of H-pyrrole nitrogens is 1. The molecule has 9 heteroatoms. The Morgan fingerprint density at radius 2 is 2.21 bits per heavy atom. The van der Waals surface area contributed by atoms with Crippen LogP contribution in [0.25, 0.3) is 0 Å². The predicted molar refractivity (Wildman–Crippen MR) is 59.9 cm³/mol. The number of carbonyl (C=O) groups is 1. The van der Waals surface area contributed by atoms with Crippen molar-refractivity contribution in [3.63, 3.8) is 0 Å². The second-order valence-electron chi connectivity index (χ2n) is 4.15. The maximum Gasteiger partial charge on any atom is 0.342 e. The summed E-state index contributed by atoms with van der Waals surface area (Å²) < 4.78 is 6.01. The average Bonchev–Trinajstić information content (AvgIpc) is 2.70. The summed E-state index contributed by atoms with van der Waals surface area (Å²) in [7, 11) is 0. The van der Waals surface area contributed by atoms with Crippen LogP contribution in [-0.4, -0.2) is 49.7 Å². The lowest BCUT2D eigenvalue weighted by Crippen LogP contribution is -2.37. The number of hydrogen-bond acceptors (Lipinski definition) is 6. The minimum Gasteiger partial charge on any atom is -0.477 e. The van der Waals surface area contributed by atoms with Crippen LogP contribution in [0.15, 0.2) is 15.8 Å². The first kappa shape index (κ1) is 13.5. The molecule has 1 saturated heterocycles. The highest BCUT2D eigenvalue weighted by atomic mass is 16.5. The van der Waals surface area contributed by atoms with Crippen LogP contribution < -0.4 is 11.2 Å². The van der Waals surface area contributed by atoms with Gasteiger partial charge in [0.2, 0.25) is 0 Å². The highest BCUT2D eigenvalue weighted by Crippen LogP contribution is 2.27. The number of aliphatic hydroxyl groups excluding tert-OH is 2. The number of nitrogens with one attached hydrogen (secondary N) is 1. The van der Waals surface area contributed by atoms with E-state index in [4.69, 9.17) is 14.9 Å². The van der Waals surface area contributed by atoms with Crippen molar-refractivity contribution in [2.24, 2.45) is 0 Å². The van der Waals surface area contributed by atoms with Crippen LogP contribution >= 0.6 is 0 Å². The molecule has 0 aliphatic carbocycles. The van der Waals surface area contributed by atoms with Crippen molar-refractivity contribution >= 4 is 5.97 Å². The standard InChI is InChI=1S/C10H12N2O7/c13-3-4-1-6(14)8(19-4)12-2-5(9(16)17)7(15)11-10(12)18/h2,4,6,8,13-14H,1,3H2,(H,16,17)(H,11,15,18)/t4-,6?,8+/m0/s1. The molecule has 1 aromatic heterocycles. The first-order valence-electron chi connectivity index (χ1n) is 5.47. The van der Waals surface area contributed by atoms with Gasteiger partial charge in [-0.25, -0.2) is 9.59 Å². The van der Waals surface area contributed by atoms with Gasteiger partial charge in [0, 0.05) is 12.6 Å². The molecule has 0 aromatic carbocycles. The molecule has 0 radical (unpaired) electrons. The zero-order chi connectivity index (χ0) is 14.2. The monoisotopic (exact) mass is 272 g/mol. The van der Waals surface area contributed by atoms with E-state index in [0.29, 0.717) is 0 Å². The average molecular weight is 272 g/mol. The summed E-state index contributed by atoms with van der Waals surface area (Å²) >= 11 is 0. The van der Waals surface area contributed by atoms with Gasteiger partial charge in [0.1, 0.15) is 11.7 Å². The number of carboxylic acid groups (broad SMARTS) is 1. The summed E-state index contributed by atoms with van der Waals surface area (Å²) in [4.78, 5) is 35.5. The third kappa shape index (κ3) is 2.43. The topological polar surface area (TPSA) is 142 Å². The number of aromatic carboxylic acids is 1. The minimum absolute atomic E-state index is 0.106. The first-order valence-corrected chi connectivity index (χ1v) is 5.47. The molecule has 1 unspecified atom stereocenters. The molecule has 0 saturated carbocycles. The van der Waals surface area contributed by atoms with Crippen molar-refractivity contribution in [1.29, 1.82) is 0 Å². The number of aliphatic hydroxyl groups is 2. The summed E-state index contributed by atoms with van der Waals surface area (Å²) in [6.07, 6.45) is -1.94. The number of nitrogens with zero attached hydrogens (tertiary/aromatic N) is 1. The second-order valence-corrected chi connectivity index (χ2v) is 4.15. The second kappa shape index (κ2) is 4.96. The van der Waals surface area contributed by atoms with E-state index in [1.165, 1.54) is 0 Å². The van der Waals surface area contributed by atoms with Gasteiger partial charge in [0.15, 0.2) is 6.23 Å². The number of aromatic nitrogens is 2. The predicted octanol–water partition coefficient (Wildman–Crippen LogP) is -2.12. The number of carboxylic acids is 1. The molecular formula is C10H12N2O7. The minimum atomic E-state index is -1.50. The Balaban J connectivity index is 2.46. The Morgan fingerprint density at radius 3 is 2.74 bits per heavy atom. The van der Waals surface area contributed by atoms with Gasteiger partial charge in [0.25, 0.3) is 5.56 Å².